The van der Waals surface area contributed by atoms with E-state index in [1.165, 1.54) is 0 Å². The Kier molecular flexibility index (Phi) is 4.68. The summed E-state index contributed by atoms with van der Waals surface area (Å²) in [4.78, 5) is 0. The summed E-state index contributed by atoms with van der Waals surface area (Å²) in [5, 5.41) is 22.6. The summed E-state index contributed by atoms with van der Waals surface area (Å²) in [6, 6.07) is 15.1. The van der Waals surface area contributed by atoms with Crippen LogP contribution in [0, 0.1) is 50.4 Å². The number of aliphatic hydroxyl groups is 2. The largest absolute Gasteiger partial charge is 0.373 e. The van der Waals surface area contributed by atoms with Gasteiger partial charge in [-0.1, -0.05) is 71.5 Å². The highest BCUT2D eigenvalue weighted by Crippen LogP contribution is 2.53. The molecular formula is C24H24O2. The van der Waals surface area contributed by atoms with Gasteiger partial charge in [-0.15, -0.1) is 12.8 Å². The molecule has 2 N–H and O–H groups in total. The van der Waals surface area contributed by atoms with Crippen LogP contribution in [0.4, 0.5) is 0 Å². The molecule has 3 rings (SSSR count). The molecule has 0 saturated heterocycles. The first-order valence-corrected chi connectivity index (χ1v) is 8.89. The predicted octanol–water partition coefficient (Wildman–Crippen LogP) is 3.67. The molecular weight excluding hydrogens is 320 g/mol. The van der Waals surface area contributed by atoms with E-state index in [9.17, 15) is 10.2 Å². The Labute approximate surface area is 155 Å². The van der Waals surface area contributed by atoms with Crippen molar-refractivity contribution in [3.8, 4) is 24.7 Å². The van der Waals surface area contributed by atoms with Gasteiger partial charge in [0.2, 0.25) is 0 Å². The van der Waals surface area contributed by atoms with Crippen molar-refractivity contribution in [2.75, 3.05) is 0 Å². The number of benzene rings is 2. The molecule has 0 radical (unpaired) electrons. The molecule has 1 fully saturated rings. The van der Waals surface area contributed by atoms with Crippen molar-refractivity contribution >= 4 is 0 Å². The monoisotopic (exact) mass is 344 g/mol. The molecule has 0 aliphatic heterocycles. The second kappa shape index (κ2) is 6.65. The number of hydrogen-bond acceptors (Lipinski definition) is 2. The number of hydrogen-bond donors (Lipinski definition) is 2. The topological polar surface area (TPSA) is 40.5 Å². The van der Waals surface area contributed by atoms with E-state index in [4.69, 9.17) is 12.8 Å². The van der Waals surface area contributed by atoms with Gasteiger partial charge in [-0.2, -0.15) is 0 Å². The SMILES string of the molecule is C#C[C@@](O)(c1ccc(C)cc1)[C@@H]1CC[C@@H]1[C@@](O)(C#C)c1ccc(C)cc1. The third-order valence-electron chi connectivity index (χ3n) is 5.77. The minimum absolute atomic E-state index is 0.308. The average molecular weight is 344 g/mol. The number of rotatable bonds is 4. The molecule has 4 atom stereocenters. The van der Waals surface area contributed by atoms with E-state index in [2.05, 4.69) is 11.8 Å². The van der Waals surface area contributed by atoms with Crippen LogP contribution in [0.25, 0.3) is 0 Å². The van der Waals surface area contributed by atoms with Gasteiger partial charge >= 0.3 is 0 Å². The van der Waals surface area contributed by atoms with Crippen molar-refractivity contribution in [2.45, 2.75) is 37.9 Å². The Balaban J connectivity index is 1.99. The zero-order chi connectivity index (χ0) is 18.9. The second-order valence-electron chi connectivity index (χ2n) is 7.34. The summed E-state index contributed by atoms with van der Waals surface area (Å²) in [5.74, 6) is 4.54. The molecule has 0 spiro atoms. The van der Waals surface area contributed by atoms with E-state index in [1.54, 1.807) is 0 Å². The Morgan fingerprint density at radius 2 is 1.04 bits per heavy atom. The lowest BCUT2D eigenvalue weighted by Gasteiger charge is -2.50. The normalized spacial score (nSPS) is 23.6. The van der Waals surface area contributed by atoms with Crippen LogP contribution in [0.1, 0.15) is 35.1 Å². The van der Waals surface area contributed by atoms with Crippen LogP contribution in [0.3, 0.4) is 0 Å². The van der Waals surface area contributed by atoms with E-state index in [1.807, 2.05) is 62.4 Å². The first kappa shape index (κ1) is 18.3. The summed E-state index contributed by atoms with van der Waals surface area (Å²) < 4.78 is 0. The third-order valence-corrected chi connectivity index (χ3v) is 5.77. The fourth-order valence-electron chi connectivity index (χ4n) is 3.92. The average Bonchev–Trinajstić information content (AvgIpc) is 2.61. The van der Waals surface area contributed by atoms with Gasteiger partial charge in [0.15, 0.2) is 11.2 Å². The van der Waals surface area contributed by atoms with Gasteiger partial charge in [-0.05, 0) is 37.8 Å². The number of terminal acetylenes is 2. The Hall–Kier alpha value is -2.52. The molecule has 0 unspecified atom stereocenters. The van der Waals surface area contributed by atoms with Crippen molar-refractivity contribution in [2.24, 2.45) is 11.8 Å². The van der Waals surface area contributed by atoms with Crippen LogP contribution in [-0.2, 0) is 11.2 Å². The quantitative estimate of drug-likeness (QED) is 0.831. The highest BCUT2D eigenvalue weighted by molar-refractivity contribution is 5.39. The highest BCUT2D eigenvalue weighted by Gasteiger charge is 2.55. The van der Waals surface area contributed by atoms with Gasteiger partial charge in [0.25, 0.3) is 0 Å². The minimum atomic E-state index is -1.45. The van der Waals surface area contributed by atoms with E-state index in [-0.39, 0.29) is 11.8 Å². The Morgan fingerprint density at radius 1 is 0.731 bits per heavy atom. The second-order valence-corrected chi connectivity index (χ2v) is 7.34. The summed E-state index contributed by atoms with van der Waals surface area (Å²) in [5.41, 5.74) is 0.626. The summed E-state index contributed by atoms with van der Waals surface area (Å²) >= 11 is 0. The molecule has 1 saturated carbocycles. The smallest absolute Gasteiger partial charge is 0.153 e. The van der Waals surface area contributed by atoms with E-state index in [0.717, 1.165) is 24.0 Å². The maximum atomic E-state index is 11.3. The standard InChI is InChI=1S/C24H24O2/c1-5-23(25,19-11-7-17(3)8-12-19)21-15-16-22(21)24(26,6-2)20-13-9-18(4)10-14-20/h1-2,7-14,21-22,25-26H,15-16H2,3-4H3/t21-,22+,23-,24-/m1/s1. The van der Waals surface area contributed by atoms with Crippen LogP contribution < -0.4 is 0 Å². The third kappa shape index (κ3) is 2.82. The zero-order valence-corrected chi connectivity index (χ0v) is 15.2. The Bertz CT molecular complexity index is 791. The van der Waals surface area contributed by atoms with Gasteiger partial charge in [0, 0.05) is 11.8 Å². The van der Waals surface area contributed by atoms with Crippen molar-refractivity contribution < 1.29 is 10.2 Å². The molecule has 26 heavy (non-hydrogen) atoms. The van der Waals surface area contributed by atoms with Crippen molar-refractivity contribution in [1.29, 1.82) is 0 Å². The molecule has 2 aromatic rings. The molecule has 0 amide bonds. The Morgan fingerprint density at radius 3 is 1.27 bits per heavy atom. The van der Waals surface area contributed by atoms with E-state index < -0.39 is 11.2 Å². The van der Waals surface area contributed by atoms with Crippen LogP contribution in [0.2, 0.25) is 0 Å². The summed E-state index contributed by atoms with van der Waals surface area (Å²) in [6.07, 6.45) is 13.0. The van der Waals surface area contributed by atoms with Gasteiger partial charge in [0.1, 0.15) is 0 Å². The van der Waals surface area contributed by atoms with Crippen molar-refractivity contribution in [1.82, 2.24) is 0 Å². The first-order chi connectivity index (χ1) is 12.3. The maximum Gasteiger partial charge on any atom is 0.153 e. The van der Waals surface area contributed by atoms with Gasteiger partial charge in [-0.3, -0.25) is 0 Å². The van der Waals surface area contributed by atoms with Crippen LogP contribution >= 0.6 is 0 Å². The lowest BCUT2D eigenvalue weighted by molar-refractivity contribution is -0.118. The zero-order valence-electron chi connectivity index (χ0n) is 15.2. The van der Waals surface area contributed by atoms with E-state index in [0.29, 0.717) is 11.1 Å². The molecule has 132 valence electrons. The van der Waals surface area contributed by atoms with Crippen molar-refractivity contribution in [3.05, 3.63) is 70.8 Å². The van der Waals surface area contributed by atoms with Gasteiger partial charge < -0.3 is 10.2 Å². The van der Waals surface area contributed by atoms with Gasteiger partial charge in [-0.25, -0.2) is 0 Å². The molecule has 0 heterocycles. The molecule has 2 nitrogen and oxygen atoms in total. The molecule has 2 heteroatoms. The highest BCUT2D eigenvalue weighted by atomic mass is 16.3. The fraction of sp³-hybridized carbons (Fsp3) is 0.333. The fourth-order valence-corrected chi connectivity index (χ4v) is 3.92. The lowest BCUT2D eigenvalue weighted by Crippen LogP contribution is -2.52. The molecule has 0 aromatic heterocycles. The summed E-state index contributed by atoms with van der Waals surface area (Å²) in [7, 11) is 0. The molecule has 1 aliphatic rings. The van der Waals surface area contributed by atoms with Crippen LogP contribution in [0.15, 0.2) is 48.5 Å². The van der Waals surface area contributed by atoms with Crippen LogP contribution in [-0.4, -0.2) is 10.2 Å². The van der Waals surface area contributed by atoms with Crippen LogP contribution in [0.5, 0.6) is 0 Å². The molecule has 0 bridgehead atoms. The van der Waals surface area contributed by atoms with Gasteiger partial charge in [0.05, 0.1) is 0 Å². The summed E-state index contributed by atoms with van der Waals surface area (Å²) in [6.45, 7) is 3.97. The van der Waals surface area contributed by atoms with E-state index >= 15 is 0 Å². The predicted molar refractivity (Wildman–Crippen MR) is 104 cm³/mol. The minimum Gasteiger partial charge on any atom is -0.373 e. The number of aryl methyl sites for hydroxylation is 2. The first-order valence-electron chi connectivity index (χ1n) is 8.89. The van der Waals surface area contributed by atoms with Crippen molar-refractivity contribution in [3.63, 3.8) is 0 Å². The lowest BCUT2D eigenvalue weighted by atomic mass is 9.56. The molecule has 1 aliphatic carbocycles. The molecule has 2 aromatic carbocycles. The maximum absolute atomic E-state index is 11.3.